The van der Waals surface area contributed by atoms with Crippen molar-refractivity contribution in [3.63, 3.8) is 0 Å². The number of carbonyl (C=O) groups is 1. The molecule has 2 aromatic carbocycles. The summed E-state index contributed by atoms with van der Waals surface area (Å²) in [5, 5.41) is 10.3. The zero-order valence-electron chi connectivity index (χ0n) is 10.6. The number of benzene rings is 2. The van der Waals surface area contributed by atoms with Crippen molar-refractivity contribution >= 4 is 5.91 Å². The number of aromatic amines is 1. The fraction of sp³-hybridized carbons (Fsp3) is 0. The Morgan fingerprint density at radius 1 is 1.00 bits per heavy atom. The first-order chi connectivity index (χ1) is 9.77. The third-order valence-corrected chi connectivity index (χ3v) is 3.09. The Labute approximate surface area is 115 Å². The monoisotopic (exact) mass is 264 g/mol. The maximum absolute atomic E-state index is 11.9. The Hall–Kier alpha value is -2.95. The SMILES string of the molecule is NC(=O)c1c(-c2ccccc2)cccc1-c1cn[nH]n1. The molecule has 0 fully saturated rings. The van der Waals surface area contributed by atoms with Crippen LogP contribution < -0.4 is 5.73 Å². The fourth-order valence-corrected chi connectivity index (χ4v) is 2.22. The lowest BCUT2D eigenvalue weighted by atomic mass is 9.94. The summed E-state index contributed by atoms with van der Waals surface area (Å²) in [5.74, 6) is -0.484. The van der Waals surface area contributed by atoms with Gasteiger partial charge in [-0.15, -0.1) is 0 Å². The number of rotatable bonds is 3. The third-order valence-electron chi connectivity index (χ3n) is 3.09. The summed E-state index contributed by atoms with van der Waals surface area (Å²) in [5.41, 5.74) is 9.01. The third kappa shape index (κ3) is 2.05. The number of carbonyl (C=O) groups excluding carboxylic acids is 1. The molecule has 5 heteroatoms. The largest absolute Gasteiger partial charge is 0.366 e. The molecule has 1 heterocycles. The van der Waals surface area contributed by atoms with Gasteiger partial charge in [0.1, 0.15) is 5.69 Å². The predicted molar refractivity (Wildman–Crippen MR) is 75.8 cm³/mol. The molecular weight excluding hydrogens is 252 g/mol. The summed E-state index contributed by atoms with van der Waals surface area (Å²) in [7, 11) is 0. The first-order valence-electron chi connectivity index (χ1n) is 6.12. The molecule has 3 aromatic rings. The quantitative estimate of drug-likeness (QED) is 0.760. The standard InChI is InChI=1S/C15H12N4O/c16-15(20)14-11(10-5-2-1-3-6-10)7-4-8-12(14)13-9-17-19-18-13/h1-9H,(H2,16,20)(H,17,18,19). The first-order valence-corrected chi connectivity index (χ1v) is 6.12. The molecule has 98 valence electrons. The molecule has 3 rings (SSSR count). The van der Waals surface area contributed by atoms with Gasteiger partial charge < -0.3 is 5.73 Å². The summed E-state index contributed by atoms with van der Waals surface area (Å²) >= 11 is 0. The Balaban J connectivity index is 2.26. The number of primary amides is 1. The van der Waals surface area contributed by atoms with Gasteiger partial charge in [0.05, 0.1) is 11.8 Å². The van der Waals surface area contributed by atoms with Crippen LogP contribution in [0.1, 0.15) is 10.4 Å². The topological polar surface area (TPSA) is 84.7 Å². The van der Waals surface area contributed by atoms with Crippen LogP contribution in [-0.2, 0) is 0 Å². The molecule has 1 amide bonds. The summed E-state index contributed by atoms with van der Waals surface area (Å²) in [6.45, 7) is 0. The van der Waals surface area contributed by atoms with Gasteiger partial charge in [-0.3, -0.25) is 4.79 Å². The van der Waals surface area contributed by atoms with Crippen LogP contribution >= 0.6 is 0 Å². The highest BCUT2D eigenvalue weighted by Crippen LogP contribution is 2.30. The van der Waals surface area contributed by atoms with Gasteiger partial charge >= 0.3 is 0 Å². The molecule has 0 spiro atoms. The highest BCUT2D eigenvalue weighted by molar-refractivity contribution is 6.05. The van der Waals surface area contributed by atoms with Gasteiger partial charge in [0.15, 0.2) is 0 Å². The predicted octanol–water partition coefficient (Wildman–Crippen LogP) is 2.24. The van der Waals surface area contributed by atoms with E-state index < -0.39 is 5.91 Å². The van der Waals surface area contributed by atoms with E-state index in [0.29, 0.717) is 16.8 Å². The Kier molecular flexibility index (Phi) is 3.01. The molecule has 0 saturated carbocycles. The second kappa shape index (κ2) is 4.97. The number of nitrogens with two attached hydrogens (primary N) is 1. The van der Waals surface area contributed by atoms with Crippen molar-refractivity contribution < 1.29 is 4.79 Å². The molecule has 0 radical (unpaired) electrons. The van der Waals surface area contributed by atoms with Crippen LogP contribution in [-0.4, -0.2) is 21.3 Å². The maximum atomic E-state index is 11.9. The number of nitrogens with zero attached hydrogens (tertiary/aromatic N) is 2. The molecular formula is C15H12N4O. The van der Waals surface area contributed by atoms with E-state index in [-0.39, 0.29) is 0 Å². The van der Waals surface area contributed by atoms with Gasteiger partial charge in [-0.1, -0.05) is 48.5 Å². The Bertz CT molecular complexity index is 736. The van der Waals surface area contributed by atoms with Gasteiger partial charge in [0, 0.05) is 5.56 Å². The van der Waals surface area contributed by atoms with Crippen LogP contribution in [0.2, 0.25) is 0 Å². The number of hydrogen-bond donors (Lipinski definition) is 2. The van der Waals surface area contributed by atoms with Crippen molar-refractivity contribution in [2.24, 2.45) is 5.73 Å². The number of amides is 1. The zero-order chi connectivity index (χ0) is 13.9. The van der Waals surface area contributed by atoms with Crippen molar-refractivity contribution in [2.75, 3.05) is 0 Å². The molecule has 0 unspecified atom stereocenters. The normalized spacial score (nSPS) is 10.4. The second-order valence-corrected chi connectivity index (χ2v) is 4.31. The minimum absolute atomic E-state index is 0.451. The van der Waals surface area contributed by atoms with E-state index >= 15 is 0 Å². The van der Waals surface area contributed by atoms with E-state index in [4.69, 9.17) is 5.73 Å². The number of aromatic nitrogens is 3. The Morgan fingerprint density at radius 2 is 1.75 bits per heavy atom. The maximum Gasteiger partial charge on any atom is 0.250 e. The lowest BCUT2D eigenvalue weighted by Gasteiger charge is -2.10. The molecule has 0 aliphatic carbocycles. The van der Waals surface area contributed by atoms with E-state index in [1.807, 2.05) is 48.5 Å². The minimum Gasteiger partial charge on any atom is -0.366 e. The second-order valence-electron chi connectivity index (χ2n) is 4.31. The van der Waals surface area contributed by atoms with Crippen LogP contribution in [0.4, 0.5) is 0 Å². The van der Waals surface area contributed by atoms with Gasteiger partial charge in [-0.2, -0.15) is 15.4 Å². The van der Waals surface area contributed by atoms with E-state index in [1.54, 1.807) is 6.20 Å². The highest BCUT2D eigenvalue weighted by Gasteiger charge is 2.17. The summed E-state index contributed by atoms with van der Waals surface area (Å²) in [6, 6.07) is 15.2. The fourth-order valence-electron chi connectivity index (χ4n) is 2.22. The van der Waals surface area contributed by atoms with Crippen LogP contribution in [0, 0.1) is 0 Å². The van der Waals surface area contributed by atoms with Gasteiger partial charge in [0.2, 0.25) is 5.91 Å². The molecule has 20 heavy (non-hydrogen) atoms. The summed E-state index contributed by atoms with van der Waals surface area (Å²) in [4.78, 5) is 11.9. The Morgan fingerprint density at radius 3 is 2.40 bits per heavy atom. The van der Waals surface area contributed by atoms with E-state index in [9.17, 15) is 4.79 Å². The minimum atomic E-state index is -0.484. The first kappa shape index (κ1) is 12.1. The van der Waals surface area contributed by atoms with Crippen molar-refractivity contribution in [1.82, 2.24) is 15.4 Å². The molecule has 3 N–H and O–H groups in total. The van der Waals surface area contributed by atoms with Crippen molar-refractivity contribution in [2.45, 2.75) is 0 Å². The molecule has 0 aliphatic rings. The van der Waals surface area contributed by atoms with Crippen LogP contribution in [0.25, 0.3) is 22.4 Å². The van der Waals surface area contributed by atoms with Crippen molar-refractivity contribution in [1.29, 1.82) is 0 Å². The van der Waals surface area contributed by atoms with E-state index in [1.165, 1.54) is 0 Å². The van der Waals surface area contributed by atoms with E-state index in [2.05, 4.69) is 15.4 Å². The molecule has 0 aliphatic heterocycles. The number of hydrogen-bond acceptors (Lipinski definition) is 3. The van der Waals surface area contributed by atoms with Crippen LogP contribution in [0.5, 0.6) is 0 Å². The zero-order valence-corrected chi connectivity index (χ0v) is 10.6. The lowest BCUT2D eigenvalue weighted by molar-refractivity contribution is 0.100. The average molecular weight is 264 g/mol. The van der Waals surface area contributed by atoms with Crippen molar-refractivity contribution in [3.8, 4) is 22.4 Å². The number of nitrogens with one attached hydrogen (secondary N) is 1. The average Bonchev–Trinajstić information content (AvgIpc) is 3.01. The highest BCUT2D eigenvalue weighted by atomic mass is 16.1. The number of H-pyrrole nitrogens is 1. The summed E-state index contributed by atoms with van der Waals surface area (Å²) in [6.07, 6.45) is 1.57. The van der Waals surface area contributed by atoms with Gasteiger partial charge in [-0.25, -0.2) is 0 Å². The lowest BCUT2D eigenvalue weighted by Crippen LogP contribution is -2.14. The van der Waals surface area contributed by atoms with Gasteiger partial charge in [-0.05, 0) is 11.1 Å². The van der Waals surface area contributed by atoms with Crippen molar-refractivity contribution in [3.05, 3.63) is 60.3 Å². The summed E-state index contributed by atoms with van der Waals surface area (Å²) < 4.78 is 0. The van der Waals surface area contributed by atoms with E-state index in [0.717, 1.165) is 11.1 Å². The van der Waals surface area contributed by atoms with Crippen LogP contribution in [0.15, 0.2) is 54.7 Å². The molecule has 0 saturated heterocycles. The van der Waals surface area contributed by atoms with Crippen LogP contribution in [0.3, 0.4) is 0 Å². The molecule has 0 atom stereocenters. The smallest absolute Gasteiger partial charge is 0.250 e. The molecule has 0 bridgehead atoms. The van der Waals surface area contributed by atoms with Gasteiger partial charge in [0.25, 0.3) is 0 Å². The molecule has 1 aromatic heterocycles. The molecule has 5 nitrogen and oxygen atoms in total.